The Morgan fingerprint density at radius 1 is 1.50 bits per heavy atom. The molecule has 1 atom stereocenters. The van der Waals surface area contributed by atoms with Crippen molar-refractivity contribution < 1.29 is 4.79 Å². The summed E-state index contributed by atoms with van der Waals surface area (Å²) in [7, 11) is 0. The van der Waals surface area contributed by atoms with Gasteiger partial charge in [-0.15, -0.1) is 0 Å². The molecule has 0 spiro atoms. The van der Waals surface area contributed by atoms with Gasteiger partial charge >= 0.3 is 0 Å². The van der Waals surface area contributed by atoms with Crippen LogP contribution in [0.15, 0.2) is 30.6 Å². The van der Waals surface area contributed by atoms with Crippen molar-refractivity contribution >= 4 is 5.91 Å². The number of nitrogens with zero attached hydrogens (tertiary/aromatic N) is 3. The Balaban J connectivity index is 1.92. The van der Waals surface area contributed by atoms with Crippen LogP contribution in [0.1, 0.15) is 35.6 Å². The van der Waals surface area contributed by atoms with Crippen LogP contribution >= 0.6 is 0 Å². The zero-order valence-corrected chi connectivity index (χ0v) is 10.3. The van der Waals surface area contributed by atoms with Gasteiger partial charge in [0.05, 0.1) is 6.04 Å². The van der Waals surface area contributed by atoms with Crippen molar-refractivity contribution in [2.75, 3.05) is 6.54 Å². The second-order valence-electron chi connectivity index (χ2n) is 4.52. The Labute approximate surface area is 105 Å². The van der Waals surface area contributed by atoms with Crippen LogP contribution in [0.5, 0.6) is 0 Å². The highest BCUT2D eigenvalue weighted by Crippen LogP contribution is 2.29. The number of hydrogen-bond donors (Lipinski definition) is 1. The van der Waals surface area contributed by atoms with Gasteiger partial charge in [-0.2, -0.15) is 5.10 Å². The minimum absolute atomic E-state index is 0.0341. The van der Waals surface area contributed by atoms with Crippen molar-refractivity contribution in [3.8, 4) is 0 Å². The number of carbonyl (C=O) groups is 1. The van der Waals surface area contributed by atoms with E-state index < -0.39 is 0 Å². The maximum absolute atomic E-state index is 12.4. The van der Waals surface area contributed by atoms with Crippen molar-refractivity contribution in [3.05, 3.63) is 42.0 Å². The highest BCUT2D eigenvalue weighted by molar-refractivity contribution is 5.92. The van der Waals surface area contributed by atoms with Crippen LogP contribution in [-0.2, 0) is 6.54 Å². The fourth-order valence-corrected chi connectivity index (χ4v) is 2.67. The average molecular weight is 244 g/mol. The van der Waals surface area contributed by atoms with Gasteiger partial charge in [0, 0.05) is 31.2 Å². The molecule has 0 fully saturated rings. The summed E-state index contributed by atoms with van der Waals surface area (Å²) in [6.07, 6.45) is 4.61. The van der Waals surface area contributed by atoms with E-state index in [0.29, 0.717) is 5.69 Å². The van der Waals surface area contributed by atoms with E-state index in [1.165, 1.54) is 5.69 Å². The Kier molecular flexibility index (Phi) is 2.66. The number of aromatic nitrogens is 3. The number of H-pyrrole nitrogens is 1. The topological polar surface area (TPSA) is 53.9 Å². The predicted octanol–water partition coefficient (Wildman–Crippen LogP) is 1.82. The SMILES string of the molecule is CC[C@@H]1c2cccn2CCN1C(=O)c1ccn[nH]1. The number of rotatable bonds is 2. The van der Waals surface area contributed by atoms with Gasteiger partial charge in [0.2, 0.25) is 0 Å². The van der Waals surface area contributed by atoms with Gasteiger partial charge in [0.15, 0.2) is 0 Å². The van der Waals surface area contributed by atoms with E-state index >= 15 is 0 Å². The van der Waals surface area contributed by atoms with Crippen molar-refractivity contribution in [2.45, 2.75) is 25.9 Å². The molecule has 2 aromatic rings. The van der Waals surface area contributed by atoms with Crippen LogP contribution in [0.25, 0.3) is 0 Å². The molecule has 0 saturated carbocycles. The van der Waals surface area contributed by atoms with E-state index in [4.69, 9.17) is 0 Å². The zero-order valence-electron chi connectivity index (χ0n) is 10.3. The Morgan fingerprint density at radius 2 is 2.39 bits per heavy atom. The third-order valence-corrected chi connectivity index (χ3v) is 3.54. The minimum Gasteiger partial charge on any atom is -0.348 e. The summed E-state index contributed by atoms with van der Waals surface area (Å²) in [5.74, 6) is 0.0341. The maximum Gasteiger partial charge on any atom is 0.272 e. The summed E-state index contributed by atoms with van der Waals surface area (Å²) in [5.41, 5.74) is 1.78. The molecular weight excluding hydrogens is 228 g/mol. The maximum atomic E-state index is 12.4. The third kappa shape index (κ3) is 1.63. The molecule has 1 N–H and O–H groups in total. The van der Waals surface area contributed by atoms with Gasteiger partial charge in [-0.3, -0.25) is 9.89 Å². The molecule has 2 aromatic heterocycles. The lowest BCUT2D eigenvalue weighted by molar-refractivity contribution is 0.0611. The van der Waals surface area contributed by atoms with Crippen LogP contribution < -0.4 is 0 Å². The molecule has 3 heterocycles. The monoisotopic (exact) mass is 244 g/mol. The summed E-state index contributed by atoms with van der Waals surface area (Å²) >= 11 is 0. The van der Waals surface area contributed by atoms with Crippen LogP contribution in [-0.4, -0.2) is 32.1 Å². The smallest absolute Gasteiger partial charge is 0.272 e. The number of hydrogen-bond acceptors (Lipinski definition) is 2. The van der Waals surface area contributed by atoms with Crippen LogP contribution in [0.2, 0.25) is 0 Å². The lowest BCUT2D eigenvalue weighted by Gasteiger charge is -2.36. The summed E-state index contributed by atoms with van der Waals surface area (Å²) in [6.45, 7) is 3.72. The summed E-state index contributed by atoms with van der Waals surface area (Å²) in [6, 6.07) is 6.02. The molecule has 0 saturated heterocycles. The summed E-state index contributed by atoms with van der Waals surface area (Å²) < 4.78 is 2.23. The van der Waals surface area contributed by atoms with Crippen molar-refractivity contribution in [3.63, 3.8) is 0 Å². The van der Waals surface area contributed by atoms with Crippen molar-refractivity contribution in [2.24, 2.45) is 0 Å². The van der Waals surface area contributed by atoms with Gasteiger partial charge < -0.3 is 9.47 Å². The van der Waals surface area contributed by atoms with Gasteiger partial charge in [-0.25, -0.2) is 0 Å². The fourth-order valence-electron chi connectivity index (χ4n) is 2.67. The van der Waals surface area contributed by atoms with Crippen molar-refractivity contribution in [1.29, 1.82) is 0 Å². The normalized spacial score (nSPS) is 18.7. The number of fused-ring (bicyclic) bond motifs is 1. The van der Waals surface area contributed by atoms with Crippen LogP contribution in [0.4, 0.5) is 0 Å². The number of amides is 1. The zero-order chi connectivity index (χ0) is 12.5. The first-order valence-electron chi connectivity index (χ1n) is 6.26. The Hall–Kier alpha value is -2.04. The Morgan fingerprint density at radius 3 is 3.11 bits per heavy atom. The molecule has 94 valence electrons. The third-order valence-electron chi connectivity index (χ3n) is 3.54. The molecule has 0 bridgehead atoms. The molecule has 1 amide bonds. The first-order valence-corrected chi connectivity index (χ1v) is 6.26. The van der Waals surface area contributed by atoms with E-state index in [1.807, 2.05) is 11.0 Å². The van der Waals surface area contributed by atoms with E-state index in [1.54, 1.807) is 12.3 Å². The van der Waals surface area contributed by atoms with Gasteiger partial charge in [0.1, 0.15) is 5.69 Å². The molecule has 0 aliphatic carbocycles. The molecule has 0 aromatic carbocycles. The second-order valence-corrected chi connectivity index (χ2v) is 4.52. The minimum atomic E-state index is 0.0341. The Bertz CT molecular complexity index is 543. The summed E-state index contributed by atoms with van der Waals surface area (Å²) in [4.78, 5) is 14.3. The number of nitrogens with one attached hydrogen (secondary N) is 1. The van der Waals surface area contributed by atoms with Gasteiger partial charge in [-0.05, 0) is 24.6 Å². The molecule has 1 aliphatic rings. The summed E-state index contributed by atoms with van der Waals surface area (Å²) in [5, 5.41) is 6.59. The molecule has 5 heteroatoms. The lowest BCUT2D eigenvalue weighted by Crippen LogP contribution is -2.41. The first-order chi connectivity index (χ1) is 8.81. The lowest BCUT2D eigenvalue weighted by atomic mass is 10.1. The standard InChI is InChI=1S/C13H16N4O/c1-2-11-12-4-3-7-16(12)8-9-17(11)13(18)10-5-6-14-15-10/h3-7,11H,2,8-9H2,1H3,(H,14,15)/t11-/m1/s1. The highest BCUT2D eigenvalue weighted by Gasteiger charge is 2.30. The van der Waals surface area contributed by atoms with E-state index in [0.717, 1.165) is 19.5 Å². The molecule has 3 rings (SSSR count). The van der Waals surface area contributed by atoms with E-state index in [2.05, 4.69) is 34.0 Å². The second kappa shape index (κ2) is 4.33. The quantitative estimate of drug-likeness (QED) is 0.876. The average Bonchev–Trinajstić information content (AvgIpc) is 3.06. The van der Waals surface area contributed by atoms with E-state index in [-0.39, 0.29) is 11.9 Å². The first kappa shape index (κ1) is 11.1. The van der Waals surface area contributed by atoms with Gasteiger partial charge in [-0.1, -0.05) is 6.92 Å². The molecular formula is C13H16N4O. The van der Waals surface area contributed by atoms with Crippen LogP contribution in [0.3, 0.4) is 0 Å². The predicted molar refractivity (Wildman–Crippen MR) is 67.1 cm³/mol. The largest absolute Gasteiger partial charge is 0.348 e. The van der Waals surface area contributed by atoms with E-state index in [9.17, 15) is 4.79 Å². The van der Waals surface area contributed by atoms with Crippen LogP contribution in [0, 0.1) is 0 Å². The van der Waals surface area contributed by atoms with Gasteiger partial charge in [0.25, 0.3) is 5.91 Å². The number of aromatic amines is 1. The highest BCUT2D eigenvalue weighted by atomic mass is 16.2. The molecule has 5 nitrogen and oxygen atoms in total. The molecule has 0 unspecified atom stereocenters. The number of carbonyl (C=O) groups excluding carboxylic acids is 1. The molecule has 18 heavy (non-hydrogen) atoms. The molecule has 0 radical (unpaired) electrons. The molecule has 1 aliphatic heterocycles. The fraction of sp³-hybridized carbons (Fsp3) is 0.385. The van der Waals surface area contributed by atoms with Crippen molar-refractivity contribution in [1.82, 2.24) is 19.7 Å².